The number of hydrogen-bond acceptors (Lipinski definition) is 2. The molecule has 2 aromatic rings. The predicted molar refractivity (Wildman–Crippen MR) is 92.2 cm³/mol. The van der Waals surface area contributed by atoms with Crippen LogP contribution in [0.5, 0.6) is 0 Å². The lowest BCUT2D eigenvalue weighted by Crippen LogP contribution is -2.49. The molecule has 114 valence electrons. The third-order valence-electron chi connectivity index (χ3n) is 4.91. The SMILES string of the molecule is Cl[C@@H]1CC[C@H]2S[C@@H]1CC[C@H]2[n+]1ccc(-c2ccncc2)cc1. The summed E-state index contributed by atoms with van der Waals surface area (Å²) in [5.74, 6) is 0. The average Bonchev–Trinajstić information content (AvgIpc) is 2.60. The molecule has 2 saturated heterocycles. The highest BCUT2D eigenvalue weighted by Crippen LogP contribution is 2.46. The number of alkyl halides is 1. The van der Waals surface area contributed by atoms with Crippen molar-refractivity contribution in [2.45, 2.75) is 47.6 Å². The molecular formula is C18H20ClN2S+. The van der Waals surface area contributed by atoms with Crippen molar-refractivity contribution in [1.82, 2.24) is 4.98 Å². The van der Waals surface area contributed by atoms with Crippen LogP contribution < -0.4 is 4.57 Å². The summed E-state index contributed by atoms with van der Waals surface area (Å²) in [5.41, 5.74) is 2.48. The molecule has 2 aliphatic rings. The highest BCUT2D eigenvalue weighted by Gasteiger charge is 2.42. The zero-order valence-corrected chi connectivity index (χ0v) is 14.0. The van der Waals surface area contributed by atoms with E-state index in [9.17, 15) is 0 Å². The highest BCUT2D eigenvalue weighted by molar-refractivity contribution is 8.00. The Labute approximate surface area is 140 Å². The molecule has 0 N–H and O–H groups in total. The summed E-state index contributed by atoms with van der Waals surface area (Å²) in [5, 5.41) is 1.79. The molecule has 0 aliphatic carbocycles. The van der Waals surface area contributed by atoms with Crippen molar-refractivity contribution in [1.29, 1.82) is 0 Å². The fourth-order valence-corrected chi connectivity index (χ4v) is 5.87. The summed E-state index contributed by atoms with van der Waals surface area (Å²) in [6.07, 6.45) is 13.1. The van der Waals surface area contributed by atoms with Gasteiger partial charge in [-0.25, -0.2) is 4.57 Å². The number of hydrogen-bond donors (Lipinski definition) is 0. The molecule has 4 rings (SSSR count). The molecule has 2 fully saturated rings. The second-order valence-corrected chi connectivity index (χ2v) is 8.26. The Morgan fingerprint density at radius 1 is 0.909 bits per heavy atom. The second-order valence-electron chi connectivity index (χ2n) is 6.22. The van der Waals surface area contributed by atoms with Crippen LogP contribution >= 0.6 is 23.4 Å². The summed E-state index contributed by atoms with van der Waals surface area (Å²) < 4.78 is 2.41. The average molecular weight is 332 g/mol. The fraction of sp³-hybridized carbons (Fsp3) is 0.444. The van der Waals surface area contributed by atoms with Gasteiger partial charge >= 0.3 is 0 Å². The molecule has 4 atom stereocenters. The Morgan fingerprint density at radius 2 is 1.59 bits per heavy atom. The molecule has 0 aromatic carbocycles. The van der Waals surface area contributed by atoms with Gasteiger partial charge < -0.3 is 0 Å². The quantitative estimate of drug-likeness (QED) is 0.604. The van der Waals surface area contributed by atoms with Crippen LogP contribution in [0.4, 0.5) is 0 Å². The van der Waals surface area contributed by atoms with E-state index < -0.39 is 0 Å². The summed E-state index contributed by atoms with van der Waals surface area (Å²) in [6, 6.07) is 9.18. The maximum absolute atomic E-state index is 6.43. The van der Waals surface area contributed by atoms with Crippen molar-refractivity contribution in [2.24, 2.45) is 0 Å². The summed E-state index contributed by atoms with van der Waals surface area (Å²) >= 11 is 8.56. The van der Waals surface area contributed by atoms with Gasteiger partial charge in [-0.1, -0.05) is 0 Å². The van der Waals surface area contributed by atoms with Crippen LogP contribution in [0.2, 0.25) is 0 Å². The van der Waals surface area contributed by atoms with Crippen molar-refractivity contribution in [3.8, 4) is 11.1 Å². The van der Waals surface area contributed by atoms with Crippen LogP contribution in [-0.2, 0) is 0 Å². The number of pyridine rings is 2. The standard InChI is InChI=1S/C18H20ClN2S/c19-15-1-3-18-16(2-4-17(15)22-18)21-11-7-14(8-12-21)13-5-9-20-10-6-13/h5-12,15-18H,1-4H2/q+1/t15-,16-,17-,18-/m1/s1. The molecule has 0 amide bonds. The first-order chi connectivity index (χ1) is 10.8. The molecule has 0 radical (unpaired) electrons. The first-order valence-corrected chi connectivity index (χ1v) is 9.40. The summed E-state index contributed by atoms with van der Waals surface area (Å²) in [4.78, 5) is 4.08. The van der Waals surface area contributed by atoms with E-state index in [0.29, 0.717) is 16.7 Å². The van der Waals surface area contributed by atoms with Crippen molar-refractivity contribution in [3.05, 3.63) is 49.1 Å². The lowest BCUT2D eigenvalue weighted by molar-refractivity contribution is -0.723. The van der Waals surface area contributed by atoms with Crippen molar-refractivity contribution in [3.63, 3.8) is 0 Å². The van der Waals surface area contributed by atoms with Crippen LogP contribution in [-0.4, -0.2) is 20.9 Å². The molecule has 2 aliphatic heterocycles. The summed E-state index contributed by atoms with van der Waals surface area (Å²) in [6.45, 7) is 0. The van der Waals surface area contributed by atoms with E-state index in [0.717, 1.165) is 5.25 Å². The van der Waals surface area contributed by atoms with Crippen LogP contribution in [0.1, 0.15) is 31.7 Å². The molecule has 4 heteroatoms. The maximum atomic E-state index is 6.43. The van der Waals surface area contributed by atoms with Gasteiger partial charge in [-0.3, -0.25) is 4.98 Å². The Bertz CT molecular complexity index is 631. The Hall–Kier alpha value is -1.06. The number of thioether (sulfide) groups is 1. The molecule has 2 aromatic heterocycles. The molecule has 2 nitrogen and oxygen atoms in total. The zero-order chi connectivity index (χ0) is 14.9. The largest absolute Gasteiger partial charge is 0.265 e. The molecule has 0 spiro atoms. The molecule has 2 bridgehead atoms. The lowest BCUT2D eigenvalue weighted by Gasteiger charge is -2.39. The molecular weight excluding hydrogens is 312 g/mol. The van der Waals surface area contributed by atoms with Crippen molar-refractivity contribution < 1.29 is 4.57 Å². The number of rotatable bonds is 2. The predicted octanol–water partition coefficient (Wildman–Crippen LogP) is 4.24. The van der Waals surface area contributed by atoms with Gasteiger partial charge in [-0.15, -0.1) is 23.4 Å². The third-order valence-corrected chi connectivity index (χ3v) is 7.39. The Morgan fingerprint density at radius 3 is 2.36 bits per heavy atom. The summed E-state index contributed by atoms with van der Waals surface area (Å²) in [7, 11) is 0. The fourth-order valence-electron chi connectivity index (χ4n) is 3.68. The van der Waals surface area contributed by atoms with E-state index in [1.165, 1.54) is 36.8 Å². The molecule has 0 unspecified atom stereocenters. The lowest BCUT2D eigenvalue weighted by atomic mass is 9.94. The van der Waals surface area contributed by atoms with Gasteiger partial charge in [0, 0.05) is 41.6 Å². The monoisotopic (exact) mass is 331 g/mol. The molecule has 22 heavy (non-hydrogen) atoms. The highest BCUT2D eigenvalue weighted by atomic mass is 35.5. The van der Waals surface area contributed by atoms with E-state index in [4.69, 9.17) is 11.6 Å². The maximum Gasteiger partial charge on any atom is 0.170 e. The van der Waals surface area contributed by atoms with Gasteiger partial charge in [0.05, 0.1) is 5.25 Å². The van der Waals surface area contributed by atoms with E-state index in [1.807, 2.05) is 12.4 Å². The number of halogens is 1. The van der Waals surface area contributed by atoms with Crippen molar-refractivity contribution in [2.75, 3.05) is 0 Å². The number of fused-ring (bicyclic) bond motifs is 2. The van der Waals surface area contributed by atoms with E-state index >= 15 is 0 Å². The smallest absolute Gasteiger partial charge is 0.170 e. The topological polar surface area (TPSA) is 16.8 Å². The van der Waals surface area contributed by atoms with Crippen LogP contribution in [0.3, 0.4) is 0 Å². The first kappa shape index (κ1) is 14.5. The Balaban J connectivity index is 1.54. The minimum absolute atomic E-state index is 0.390. The zero-order valence-electron chi connectivity index (χ0n) is 12.4. The van der Waals surface area contributed by atoms with Gasteiger partial charge in [-0.05, 0) is 42.5 Å². The van der Waals surface area contributed by atoms with E-state index in [1.54, 1.807) is 0 Å². The van der Waals surface area contributed by atoms with Gasteiger partial charge in [0.2, 0.25) is 0 Å². The van der Waals surface area contributed by atoms with Crippen LogP contribution in [0.15, 0.2) is 49.1 Å². The molecule has 0 saturated carbocycles. The second kappa shape index (κ2) is 6.21. The minimum atomic E-state index is 0.390. The van der Waals surface area contributed by atoms with E-state index in [-0.39, 0.29) is 0 Å². The Kier molecular flexibility index (Phi) is 4.10. The minimum Gasteiger partial charge on any atom is -0.265 e. The number of nitrogens with zero attached hydrogens (tertiary/aromatic N) is 2. The van der Waals surface area contributed by atoms with Gasteiger partial charge in [0.15, 0.2) is 18.4 Å². The first-order valence-electron chi connectivity index (χ1n) is 8.02. The number of aromatic nitrogens is 2. The third kappa shape index (κ3) is 2.77. The van der Waals surface area contributed by atoms with Gasteiger partial charge in [0.25, 0.3) is 0 Å². The molecule has 4 heterocycles. The normalized spacial score (nSPS) is 31.0. The van der Waals surface area contributed by atoms with Gasteiger partial charge in [-0.2, -0.15) is 0 Å². The van der Waals surface area contributed by atoms with Gasteiger partial charge in [0.1, 0.15) is 0 Å². The van der Waals surface area contributed by atoms with E-state index in [2.05, 4.69) is 58.0 Å². The van der Waals surface area contributed by atoms with Crippen LogP contribution in [0, 0.1) is 0 Å². The van der Waals surface area contributed by atoms with Crippen molar-refractivity contribution >= 4 is 23.4 Å². The van der Waals surface area contributed by atoms with Crippen LogP contribution in [0.25, 0.3) is 11.1 Å².